The highest BCUT2D eigenvalue weighted by Gasteiger charge is 2.10. The van der Waals surface area contributed by atoms with Crippen molar-refractivity contribution >= 4 is 15.9 Å². The summed E-state index contributed by atoms with van der Waals surface area (Å²) in [6, 6.07) is 5.89. The molecule has 88 valence electrons. The molecule has 1 aromatic carbocycles. The fraction of sp³-hybridized carbons (Fsp3) is 0.333. The first-order valence-electron chi connectivity index (χ1n) is 4.94. The monoisotopic (exact) mass is 287 g/mol. The second-order valence-electron chi connectivity index (χ2n) is 3.78. The van der Waals surface area contributed by atoms with Crippen LogP contribution < -0.4 is 0 Å². The van der Waals surface area contributed by atoms with E-state index >= 15 is 0 Å². The number of aliphatic hydroxyl groups is 1. The number of rotatable bonds is 5. The standard InChI is InChI=1S/C12H15BrFNO/c1-9(13)7-15(2)8-12(16)10-3-5-11(14)6-4-10/h3-6,12,16H,1,7-8H2,2H3/t12-/m1/s1. The van der Waals surface area contributed by atoms with Crippen LogP contribution in [-0.4, -0.2) is 30.1 Å². The molecule has 0 bridgehead atoms. The Morgan fingerprint density at radius 2 is 2.06 bits per heavy atom. The lowest BCUT2D eigenvalue weighted by Gasteiger charge is -2.20. The Hall–Kier alpha value is -0.710. The second kappa shape index (κ2) is 6.13. The minimum atomic E-state index is -0.613. The highest BCUT2D eigenvalue weighted by molar-refractivity contribution is 9.11. The molecule has 0 aliphatic carbocycles. The Morgan fingerprint density at radius 3 is 2.56 bits per heavy atom. The lowest BCUT2D eigenvalue weighted by Crippen LogP contribution is -2.25. The normalized spacial score (nSPS) is 12.8. The lowest BCUT2D eigenvalue weighted by atomic mass is 10.1. The van der Waals surface area contributed by atoms with E-state index in [1.165, 1.54) is 12.1 Å². The summed E-state index contributed by atoms with van der Waals surface area (Å²) in [5.74, 6) is -0.293. The van der Waals surface area contributed by atoms with E-state index in [4.69, 9.17) is 0 Å². The maximum Gasteiger partial charge on any atom is 0.123 e. The summed E-state index contributed by atoms with van der Waals surface area (Å²) in [5, 5.41) is 9.89. The van der Waals surface area contributed by atoms with Crippen LogP contribution in [0.15, 0.2) is 35.3 Å². The highest BCUT2D eigenvalue weighted by atomic mass is 79.9. The summed E-state index contributed by atoms with van der Waals surface area (Å²) < 4.78 is 13.5. The van der Waals surface area contributed by atoms with E-state index in [1.54, 1.807) is 12.1 Å². The van der Waals surface area contributed by atoms with Gasteiger partial charge in [0.05, 0.1) is 6.10 Å². The molecule has 0 aliphatic heterocycles. The molecule has 1 atom stereocenters. The van der Waals surface area contributed by atoms with E-state index < -0.39 is 6.10 Å². The third kappa shape index (κ3) is 4.43. The average molecular weight is 288 g/mol. The van der Waals surface area contributed by atoms with Crippen molar-refractivity contribution in [3.63, 3.8) is 0 Å². The topological polar surface area (TPSA) is 23.5 Å². The molecule has 0 saturated heterocycles. The number of likely N-dealkylation sites (N-methyl/N-ethyl adjacent to an activating group) is 1. The number of hydrogen-bond donors (Lipinski definition) is 1. The van der Waals surface area contributed by atoms with E-state index in [0.29, 0.717) is 18.7 Å². The zero-order valence-corrected chi connectivity index (χ0v) is 10.7. The average Bonchev–Trinajstić information content (AvgIpc) is 2.16. The van der Waals surface area contributed by atoms with Gasteiger partial charge < -0.3 is 5.11 Å². The largest absolute Gasteiger partial charge is 0.387 e. The first-order chi connectivity index (χ1) is 7.49. The number of nitrogens with zero attached hydrogens (tertiary/aromatic N) is 1. The Balaban J connectivity index is 2.54. The summed E-state index contributed by atoms with van der Waals surface area (Å²) >= 11 is 3.26. The van der Waals surface area contributed by atoms with Crippen molar-refractivity contribution < 1.29 is 9.50 Å². The molecule has 0 radical (unpaired) electrons. The minimum absolute atomic E-state index is 0.293. The number of benzene rings is 1. The van der Waals surface area contributed by atoms with Crippen LogP contribution in [0.5, 0.6) is 0 Å². The predicted octanol–water partition coefficient (Wildman–Crippen LogP) is 2.70. The van der Waals surface area contributed by atoms with Gasteiger partial charge in [-0.25, -0.2) is 4.39 Å². The molecule has 0 spiro atoms. The third-order valence-electron chi connectivity index (χ3n) is 2.18. The predicted molar refractivity (Wildman–Crippen MR) is 66.9 cm³/mol. The van der Waals surface area contributed by atoms with Crippen LogP contribution in [0.3, 0.4) is 0 Å². The fourth-order valence-corrected chi connectivity index (χ4v) is 1.87. The molecule has 16 heavy (non-hydrogen) atoms. The quantitative estimate of drug-likeness (QED) is 0.900. The van der Waals surface area contributed by atoms with Crippen LogP contribution in [0, 0.1) is 5.82 Å². The molecule has 1 aromatic rings. The molecule has 0 amide bonds. The van der Waals surface area contributed by atoms with Gasteiger partial charge in [0.15, 0.2) is 0 Å². The van der Waals surface area contributed by atoms with E-state index in [1.807, 2.05) is 11.9 Å². The van der Waals surface area contributed by atoms with Gasteiger partial charge in [-0.1, -0.05) is 34.6 Å². The maximum atomic E-state index is 12.7. The van der Waals surface area contributed by atoms with Crippen LogP contribution in [0.2, 0.25) is 0 Å². The van der Waals surface area contributed by atoms with Gasteiger partial charge in [-0.2, -0.15) is 0 Å². The summed E-state index contributed by atoms with van der Waals surface area (Å²) in [7, 11) is 1.89. The summed E-state index contributed by atoms with van der Waals surface area (Å²) in [4.78, 5) is 1.94. The number of aliphatic hydroxyl groups excluding tert-OH is 1. The molecule has 4 heteroatoms. The van der Waals surface area contributed by atoms with Gasteiger partial charge in [-0.3, -0.25) is 4.90 Å². The zero-order chi connectivity index (χ0) is 12.1. The highest BCUT2D eigenvalue weighted by Crippen LogP contribution is 2.15. The van der Waals surface area contributed by atoms with E-state index in [0.717, 1.165) is 4.48 Å². The zero-order valence-electron chi connectivity index (χ0n) is 9.16. The first-order valence-corrected chi connectivity index (χ1v) is 5.73. The van der Waals surface area contributed by atoms with Crippen molar-refractivity contribution in [2.75, 3.05) is 20.1 Å². The molecule has 1 N–H and O–H groups in total. The minimum Gasteiger partial charge on any atom is -0.387 e. The van der Waals surface area contributed by atoms with Crippen LogP contribution in [-0.2, 0) is 0 Å². The van der Waals surface area contributed by atoms with Gasteiger partial charge in [-0.05, 0) is 24.7 Å². The molecule has 0 unspecified atom stereocenters. The van der Waals surface area contributed by atoms with Crippen molar-refractivity contribution in [3.8, 4) is 0 Å². The Labute approximate surface area is 104 Å². The molecular formula is C12H15BrFNO. The van der Waals surface area contributed by atoms with Crippen molar-refractivity contribution in [3.05, 3.63) is 46.7 Å². The molecule has 0 saturated carbocycles. The molecular weight excluding hydrogens is 273 g/mol. The van der Waals surface area contributed by atoms with E-state index in [-0.39, 0.29) is 5.82 Å². The number of halogens is 2. The first kappa shape index (κ1) is 13.4. The lowest BCUT2D eigenvalue weighted by molar-refractivity contribution is 0.132. The van der Waals surface area contributed by atoms with Crippen molar-refractivity contribution in [2.45, 2.75) is 6.10 Å². The fourth-order valence-electron chi connectivity index (χ4n) is 1.44. The second-order valence-corrected chi connectivity index (χ2v) is 4.90. The third-order valence-corrected chi connectivity index (χ3v) is 2.43. The van der Waals surface area contributed by atoms with Crippen LogP contribution in [0.4, 0.5) is 4.39 Å². The molecule has 1 rings (SSSR count). The van der Waals surface area contributed by atoms with Crippen LogP contribution in [0.1, 0.15) is 11.7 Å². The maximum absolute atomic E-state index is 12.7. The molecule has 2 nitrogen and oxygen atoms in total. The number of hydrogen-bond acceptors (Lipinski definition) is 2. The van der Waals surface area contributed by atoms with Crippen molar-refractivity contribution in [2.24, 2.45) is 0 Å². The summed E-state index contributed by atoms with van der Waals surface area (Å²) in [6.07, 6.45) is -0.613. The van der Waals surface area contributed by atoms with Gasteiger partial charge in [0, 0.05) is 17.6 Å². The molecule has 0 fully saturated rings. The SMILES string of the molecule is C=C(Br)CN(C)C[C@@H](O)c1ccc(F)cc1. The smallest absolute Gasteiger partial charge is 0.123 e. The van der Waals surface area contributed by atoms with E-state index in [2.05, 4.69) is 22.5 Å². The summed E-state index contributed by atoms with van der Waals surface area (Å²) in [5.41, 5.74) is 0.716. The van der Waals surface area contributed by atoms with E-state index in [9.17, 15) is 9.50 Å². The molecule has 0 heterocycles. The molecule has 0 aliphatic rings. The van der Waals surface area contributed by atoms with Crippen molar-refractivity contribution in [1.29, 1.82) is 0 Å². The van der Waals surface area contributed by atoms with Gasteiger partial charge in [0.2, 0.25) is 0 Å². The van der Waals surface area contributed by atoms with Gasteiger partial charge >= 0.3 is 0 Å². The van der Waals surface area contributed by atoms with Gasteiger partial charge in [0.1, 0.15) is 5.82 Å². The van der Waals surface area contributed by atoms with Crippen LogP contribution >= 0.6 is 15.9 Å². The van der Waals surface area contributed by atoms with Gasteiger partial charge in [-0.15, -0.1) is 0 Å². The Bertz CT molecular complexity index is 353. The Morgan fingerprint density at radius 1 is 1.50 bits per heavy atom. The Kier molecular flexibility index (Phi) is 5.12. The van der Waals surface area contributed by atoms with Gasteiger partial charge in [0.25, 0.3) is 0 Å². The summed E-state index contributed by atoms with van der Waals surface area (Å²) in [6.45, 7) is 4.88. The van der Waals surface area contributed by atoms with Crippen molar-refractivity contribution in [1.82, 2.24) is 4.90 Å². The van der Waals surface area contributed by atoms with Crippen LogP contribution in [0.25, 0.3) is 0 Å². The molecule has 0 aromatic heterocycles.